The van der Waals surface area contributed by atoms with Crippen LogP contribution < -0.4 is 5.32 Å². The lowest BCUT2D eigenvalue weighted by Gasteiger charge is -2.06. The summed E-state index contributed by atoms with van der Waals surface area (Å²) in [5.41, 5.74) is 2.97. The molecule has 5 nitrogen and oxygen atoms in total. The number of rotatable bonds is 5. The Morgan fingerprint density at radius 2 is 1.96 bits per heavy atom. The molecule has 0 aliphatic rings. The molecule has 1 N–H and O–H groups in total. The van der Waals surface area contributed by atoms with Gasteiger partial charge in [0.15, 0.2) is 0 Å². The van der Waals surface area contributed by atoms with E-state index in [0.29, 0.717) is 11.7 Å². The first-order valence-corrected chi connectivity index (χ1v) is 8.06. The molecule has 3 rings (SSSR count). The van der Waals surface area contributed by atoms with Crippen molar-refractivity contribution in [2.75, 3.05) is 0 Å². The fraction of sp³-hybridized carbons (Fsp3) is 0.150. The smallest absolute Gasteiger partial charge is 0.249 e. The molecule has 2 aromatic carbocycles. The van der Waals surface area contributed by atoms with Gasteiger partial charge >= 0.3 is 0 Å². The maximum absolute atomic E-state index is 12.0. The normalized spacial score (nSPS) is 12.2. The lowest BCUT2D eigenvalue weighted by molar-refractivity contribution is -0.117. The van der Waals surface area contributed by atoms with E-state index in [9.17, 15) is 4.79 Å². The molecule has 0 spiro atoms. The third-order valence-corrected chi connectivity index (χ3v) is 3.67. The number of nitrogens with zero attached hydrogens (tertiary/aromatic N) is 2. The van der Waals surface area contributed by atoms with Gasteiger partial charge in [-0.05, 0) is 31.6 Å². The van der Waals surface area contributed by atoms with Crippen molar-refractivity contribution in [2.45, 2.75) is 19.9 Å². The van der Waals surface area contributed by atoms with Gasteiger partial charge in [0, 0.05) is 11.6 Å². The molecule has 0 fully saturated rings. The topological polar surface area (TPSA) is 68.0 Å². The lowest BCUT2D eigenvalue weighted by atomic mass is 10.1. The number of hydrogen-bond acceptors (Lipinski definition) is 4. The lowest BCUT2D eigenvalue weighted by Crippen LogP contribution is -2.24. The van der Waals surface area contributed by atoms with Crippen molar-refractivity contribution in [3.63, 3.8) is 0 Å². The number of nitrogens with one attached hydrogen (secondary N) is 1. The molecule has 1 aromatic heterocycles. The van der Waals surface area contributed by atoms with E-state index in [1.165, 1.54) is 6.08 Å². The summed E-state index contributed by atoms with van der Waals surface area (Å²) < 4.78 is 5.28. The van der Waals surface area contributed by atoms with E-state index in [1.54, 1.807) is 6.08 Å². The molecule has 1 unspecified atom stereocenters. The Hall–Kier alpha value is -3.21. The fourth-order valence-electron chi connectivity index (χ4n) is 2.37. The van der Waals surface area contributed by atoms with Gasteiger partial charge in [0.2, 0.25) is 17.6 Å². The monoisotopic (exact) mass is 333 g/mol. The summed E-state index contributed by atoms with van der Waals surface area (Å²) in [6.45, 7) is 3.81. The van der Waals surface area contributed by atoms with Gasteiger partial charge in [0.1, 0.15) is 6.04 Å². The van der Waals surface area contributed by atoms with Crippen LogP contribution in [0.25, 0.3) is 17.5 Å². The molecular weight excluding hydrogens is 314 g/mol. The first kappa shape index (κ1) is 16.6. The molecule has 0 radical (unpaired) electrons. The van der Waals surface area contributed by atoms with Crippen molar-refractivity contribution in [3.8, 4) is 11.4 Å². The number of benzene rings is 2. The minimum absolute atomic E-state index is 0.216. The molecule has 0 saturated heterocycles. The molecule has 1 heterocycles. The van der Waals surface area contributed by atoms with Crippen LogP contribution in [0, 0.1) is 6.92 Å². The van der Waals surface area contributed by atoms with Gasteiger partial charge in [-0.1, -0.05) is 59.3 Å². The Balaban J connectivity index is 1.64. The zero-order chi connectivity index (χ0) is 17.6. The molecule has 0 aliphatic heterocycles. The third-order valence-electron chi connectivity index (χ3n) is 3.67. The number of carbonyl (C=O) groups is 1. The second-order valence-electron chi connectivity index (χ2n) is 5.80. The van der Waals surface area contributed by atoms with E-state index in [4.69, 9.17) is 4.52 Å². The van der Waals surface area contributed by atoms with Crippen LogP contribution in [-0.4, -0.2) is 16.0 Å². The minimum atomic E-state index is -0.376. The molecule has 0 saturated carbocycles. The highest BCUT2D eigenvalue weighted by Crippen LogP contribution is 2.19. The van der Waals surface area contributed by atoms with Crippen molar-refractivity contribution in [1.82, 2.24) is 15.5 Å². The number of carbonyl (C=O) groups excluding carboxylic acids is 1. The Labute approximate surface area is 146 Å². The van der Waals surface area contributed by atoms with Crippen molar-refractivity contribution in [3.05, 3.63) is 77.7 Å². The SMILES string of the molecule is Cc1cccc(-c2noc(C(C)NC(=O)C=Cc3ccccc3)n2)c1. The maximum atomic E-state index is 12.0. The van der Waals surface area contributed by atoms with Crippen molar-refractivity contribution in [2.24, 2.45) is 0 Å². The number of amides is 1. The van der Waals surface area contributed by atoms with Crippen molar-refractivity contribution in [1.29, 1.82) is 0 Å². The molecule has 25 heavy (non-hydrogen) atoms. The standard InChI is InChI=1S/C20H19N3O2/c1-14-7-6-10-17(13-14)19-22-20(25-23-19)15(2)21-18(24)12-11-16-8-4-3-5-9-16/h3-13,15H,1-2H3,(H,21,24). The van der Waals surface area contributed by atoms with Crippen LogP contribution in [0.1, 0.15) is 30.0 Å². The zero-order valence-electron chi connectivity index (χ0n) is 14.1. The summed E-state index contributed by atoms with van der Waals surface area (Å²) in [4.78, 5) is 16.4. The number of aryl methyl sites for hydroxylation is 1. The third kappa shape index (κ3) is 4.41. The fourth-order valence-corrected chi connectivity index (χ4v) is 2.37. The molecule has 1 amide bonds. The summed E-state index contributed by atoms with van der Waals surface area (Å²) in [6, 6.07) is 17.1. The Bertz CT molecular complexity index is 885. The van der Waals surface area contributed by atoms with Gasteiger partial charge in [0.05, 0.1) is 0 Å². The van der Waals surface area contributed by atoms with Crippen molar-refractivity contribution >= 4 is 12.0 Å². The average Bonchev–Trinajstić information content (AvgIpc) is 3.11. The second-order valence-corrected chi connectivity index (χ2v) is 5.80. The molecule has 0 aliphatic carbocycles. The van der Waals surface area contributed by atoms with E-state index in [2.05, 4.69) is 15.5 Å². The Morgan fingerprint density at radius 3 is 2.72 bits per heavy atom. The van der Waals surface area contributed by atoms with Crippen LogP contribution >= 0.6 is 0 Å². The molecule has 126 valence electrons. The summed E-state index contributed by atoms with van der Waals surface area (Å²) in [5.74, 6) is 0.671. The molecule has 0 bridgehead atoms. The predicted molar refractivity (Wildman–Crippen MR) is 96.5 cm³/mol. The van der Waals surface area contributed by atoms with Crippen LogP contribution in [0.2, 0.25) is 0 Å². The highest BCUT2D eigenvalue weighted by molar-refractivity contribution is 5.91. The maximum Gasteiger partial charge on any atom is 0.249 e. The first-order chi connectivity index (χ1) is 12.1. The van der Waals surface area contributed by atoms with Crippen LogP contribution in [-0.2, 0) is 4.79 Å². The van der Waals surface area contributed by atoms with E-state index >= 15 is 0 Å². The second kappa shape index (κ2) is 7.57. The van der Waals surface area contributed by atoms with E-state index in [-0.39, 0.29) is 11.9 Å². The minimum Gasteiger partial charge on any atom is -0.341 e. The van der Waals surface area contributed by atoms with Gasteiger partial charge in [-0.3, -0.25) is 4.79 Å². The summed E-state index contributed by atoms with van der Waals surface area (Å²) >= 11 is 0. The van der Waals surface area contributed by atoms with E-state index in [1.807, 2.05) is 68.4 Å². The highest BCUT2D eigenvalue weighted by atomic mass is 16.5. The van der Waals surface area contributed by atoms with Crippen LogP contribution in [0.3, 0.4) is 0 Å². The summed E-state index contributed by atoms with van der Waals surface area (Å²) in [7, 11) is 0. The quantitative estimate of drug-likeness (QED) is 0.718. The van der Waals surface area contributed by atoms with Gasteiger partial charge in [-0.2, -0.15) is 4.98 Å². The summed E-state index contributed by atoms with van der Waals surface area (Å²) in [5, 5.41) is 6.81. The number of aromatic nitrogens is 2. The van der Waals surface area contributed by atoms with Crippen LogP contribution in [0.5, 0.6) is 0 Å². The van der Waals surface area contributed by atoms with Gasteiger partial charge < -0.3 is 9.84 Å². The first-order valence-electron chi connectivity index (χ1n) is 8.06. The van der Waals surface area contributed by atoms with Gasteiger partial charge in [-0.25, -0.2) is 0 Å². The van der Waals surface area contributed by atoms with Gasteiger partial charge in [0.25, 0.3) is 0 Å². The highest BCUT2D eigenvalue weighted by Gasteiger charge is 2.16. The van der Waals surface area contributed by atoms with Gasteiger partial charge in [-0.15, -0.1) is 0 Å². The molecule has 5 heteroatoms. The van der Waals surface area contributed by atoms with Crippen LogP contribution in [0.4, 0.5) is 0 Å². The Morgan fingerprint density at radius 1 is 1.16 bits per heavy atom. The predicted octanol–water partition coefficient (Wildman–Crippen LogP) is 3.94. The zero-order valence-corrected chi connectivity index (χ0v) is 14.1. The largest absolute Gasteiger partial charge is 0.341 e. The number of hydrogen-bond donors (Lipinski definition) is 1. The molecular formula is C20H19N3O2. The molecule has 1 atom stereocenters. The molecule has 3 aromatic rings. The van der Waals surface area contributed by atoms with E-state index < -0.39 is 0 Å². The van der Waals surface area contributed by atoms with Crippen LogP contribution in [0.15, 0.2) is 65.2 Å². The van der Waals surface area contributed by atoms with E-state index in [0.717, 1.165) is 16.7 Å². The summed E-state index contributed by atoms with van der Waals surface area (Å²) in [6.07, 6.45) is 3.25. The van der Waals surface area contributed by atoms with Crippen molar-refractivity contribution < 1.29 is 9.32 Å². The average molecular weight is 333 g/mol. The Kier molecular flexibility index (Phi) is 5.04.